The van der Waals surface area contributed by atoms with Crippen molar-refractivity contribution in [1.29, 1.82) is 0 Å². The zero-order valence-electron chi connectivity index (χ0n) is 14.5. The van der Waals surface area contributed by atoms with Gasteiger partial charge in [0.05, 0.1) is 23.3 Å². The first-order valence-electron chi connectivity index (χ1n) is 7.34. The fourth-order valence-corrected chi connectivity index (χ4v) is 2.38. The number of halogens is 2. The van der Waals surface area contributed by atoms with Crippen LogP contribution in [-0.4, -0.2) is 26.1 Å². The van der Waals surface area contributed by atoms with Crippen LogP contribution in [0.25, 0.3) is 11.0 Å². The molecule has 0 saturated carbocycles. The molecule has 0 unspecified atom stereocenters. The lowest BCUT2D eigenvalue weighted by Crippen LogP contribution is -2.38. The minimum absolute atomic E-state index is 0. The second-order valence-electron chi connectivity index (χ2n) is 6.03. The Labute approximate surface area is 157 Å². The SMILES string of the molecule is CC(C)C[C@H](N)C(=O)Nc1cnc2c(c1)c(=O)n(C)c(=O)n2C.Cl.Cl. The first-order valence-corrected chi connectivity index (χ1v) is 7.34. The van der Waals surface area contributed by atoms with E-state index in [2.05, 4.69) is 10.3 Å². The number of hydrogen-bond donors (Lipinski definition) is 2. The fraction of sp³-hybridized carbons (Fsp3) is 0.467. The number of nitrogens with zero attached hydrogens (tertiary/aromatic N) is 3. The number of nitrogens with two attached hydrogens (primary N) is 1. The molecule has 0 aliphatic heterocycles. The van der Waals surface area contributed by atoms with Crippen molar-refractivity contribution in [1.82, 2.24) is 14.1 Å². The van der Waals surface area contributed by atoms with Crippen molar-refractivity contribution >= 4 is 47.4 Å². The Balaban J connectivity index is 0.00000288. The number of carbonyl (C=O) groups is 1. The third-order valence-corrected chi connectivity index (χ3v) is 3.62. The van der Waals surface area contributed by atoms with Crippen molar-refractivity contribution in [3.05, 3.63) is 33.1 Å². The fourth-order valence-electron chi connectivity index (χ4n) is 2.38. The van der Waals surface area contributed by atoms with Crippen molar-refractivity contribution in [3.8, 4) is 0 Å². The maximum absolute atomic E-state index is 12.2. The van der Waals surface area contributed by atoms with Crippen molar-refractivity contribution in [3.63, 3.8) is 0 Å². The lowest BCUT2D eigenvalue weighted by molar-refractivity contribution is -0.117. The Morgan fingerprint density at radius 1 is 1.24 bits per heavy atom. The van der Waals surface area contributed by atoms with Gasteiger partial charge in [0.2, 0.25) is 5.91 Å². The number of pyridine rings is 1. The summed E-state index contributed by atoms with van der Waals surface area (Å²) in [5.74, 6) is -0.0335. The molecule has 0 aromatic carbocycles. The van der Waals surface area contributed by atoms with Gasteiger partial charge in [-0.1, -0.05) is 13.8 Å². The zero-order chi connectivity index (χ0) is 17.3. The summed E-state index contributed by atoms with van der Waals surface area (Å²) in [6.07, 6.45) is 1.96. The van der Waals surface area contributed by atoms with Crippen LogP contribution in [0, 0.1) is 5.92 Å². The van der Waals surface area contributed by atoms with E-state index in [0.29, 0.717) is 18.0 Å². The number of carbonyl (C=O) groups excluding carboxylic acids is 1. The van der Waals surface area contributed by atoms with Gasteiger partial charge in [0.25, 0.3) is 5.56 Å². The largest absolute Gasteiger partial charge is 0.332 e. The van der Waals surface area contributed by atoms with Gasteiger partial charge in [0.15, 0.2) is 0 Å². The average Bonchev–Trinajstić information content (AvgIpc) is 2.50. The number of amides is 1. The van der Waals surface area contributed by atoms with Crippen molar-refractivity contribution in [2.45, 2.75) is 26.3 Å². The highest BCUT2D eigenvalue weighted by Crippen LogP contribution is 2.13. The highest BCUT2D eigenvalue weighted by Gasteiger charge is 2.16. The molecule has 0 saturated heterocycles. The summed E-state index contributed by atoms with van der Waals surface area (Å²) in [5, 5.41) is 2.91. The van der Waals surface area contributed by atoms with E-state index in [-0.39, 0.29) is 41.8 Å². The molecule has 2 heterocycles. The Hall–Kier alpha value is -1.90. The van der Waals surface area contributed by atoms with Gasteiger partial charge in [-0.25, -0.2) is 9.78 Å². The number of rotatable bonds is 4. The quantitative estimate of drug-likeness (QED) is 0.799. The number of aromatic nitrogens is 3. The third-order valence-electron chi connectivity index (χ3n) is 3.62. The molecule has 0 fully saturated rings. The van der Waals surface area contributed by atoms with Gasteiger partial charge < -0.3 is 11.1 Å². The molecule has 25 heavy (non-hydrogen) atoms. The van der Waals surface area contributed by atoms with Crippen LogP contribution in [0.5, 0.6) is 0 Å². The number of nitrogens with one attached hydrogen (secondary N) is 1. The minimum atomic E-state index is -0.631. The summed E-state index contributed by atoms with van der Waals surface area (Å²) >= 11 is 0. The predicted molar refractivity (Wildman–Crippen MR) is 103 cm³/mol. The monoisotopic (exact) mass is 391 g/mol. The van der Waals surface area contributed by atoms with Gasteiger partial charge in [-0.05, 0) is 18.4 Å². The van der Waals surface area contributed by atoms with Crippen LogP contribution in [0.2, 0.25) is 0 Å². The smallest absolute Gasteiger partial charge is 0.323 e. The summed E-state index contributed by atoms with van der Waals surface area (Å²) < 4.78 is 2.28. The van der Waals surface area contributed by atoms with E-state index in [1.165, 1.54) is 30.9 Å². The maximum atomic E-state index is 12.2. The molecule has 140 valence electrons. The van der Waals surface area contributed by atoms with Crippen LogP contribution in [0.3, 0.4) is 0 Å². The molecule has 0 bridgehead atoms. The topological polar surface area (TPSA) is 112 Å². The van der Waals surface area contributed by atoms with Gasteiger partial charge in [0, 0.05) is 14.1 Å². The van der Waals surface area contributed by atoms with E-state index >= 15 is 0 Å². The molecular weight excluding hydrogens is 369 g/mol. The number of fused-ring (bicyclic) bond motifs is 1. The van der Waals surface area contributed by atoms with Crippen LogP contribution in [0.1, 0.15) is 20.3 Å². The van der Waals surface area contributed by atoms with Gasteiger partial charge in [-0.15, -0.1) is 24.8 Å². The molecule has 0 spiro atoms. The first-order chi connectivity index (χ1) is 10.7. The summed E-state index contributed by atoms with van der Waals surface area (Å²) in [6.45, 7) is 3.96. The van der Waals surface area contributed by atoms with Crippen LogP contribution in [0.4, 0.5) is 5.69 Å². The summed E-state index contributed by atoms with van der Waals surface area (Å²) in [6, 6.07) is 0.873. The first kappa shape index (κ1) is 23.1. The van der Waals surface area contributed by atoms with Gasteiger partial charge in [-0.2, -0.15) is 0 Å². The Bertz CT molecular complexity index is 876. The molecule has 8 nitrogen and oxygen atoms in total. The molecule has 0 aliphatic carbocycles. The number of anilines is 1. The molecule has 1 amide bonds. The lowest BCUT2D eigenvalue weighted by Gasteiger charge is -2.14. The number of aryl methyl sites for hydroxylation is 1. The van der Waals surface area contributed by atoms with Crippen LogP contribution < -0.4 is 22.3 Å². The molecular formula is C15H23Cl2N5O3. The predicted octanol–water partition coefficient (Wildman–Crippen LogP) is 0.788. The van der Waals surface area contributed by atoms with Crippen molar-refractivity contribution in [2.24, 2.45) is 25.7 Å². The normalized spacial score (nSPS) is 11.6. The molecule has 2 aromatic rings. The summed E-state index contributed by atoms with van der Waals surface area (Å²) in [7, 11) is 2.93. The average molecular weight is 392 g/mol. The van der Waals surface area contributed by atoms with Crippen LogP contribution in [-0.2, 0) is 18.9 Å². The van der Waals surface area contributed by atoms with Gasteiger partial charge >= 0.3 is 5.69 Å². The molecule has 0 radical (unpaired) electrons. The third kappa shape index (κ3) is 4.81. The summed E-state index contributed by atoms with van der Waals surface area (Å²) in [4.78, 5) is 40.2. The molecule has 1 atom stereocenters. The second kappa shape index (κ2) is 8.98. The van der Waals surface area contributed by atoms with Crippen LogP contribution >= 0.6 is 24.8 Å². The van der Waals surface area contributed by atoms with E-state index in [9.17, 15) is 14.4 Å². The summed E-state index contributed by atoms with van der Waals surface area (Å²) in [5.41, 5.74) is 5.56. The Kier molecular flexibility index (Phi) is 8.30. The molecule has 2 rings (SSSR count). The van der Waals surface area contributed by atoms with E-state index in [1.807, 2.05) is 13.8 Å². The lowest BCUT2D eigenvalue weighted by atomic mass is 10.0. The Morgan fingerprint density at radius 3 is 2.40 bits per heavy atom. The number of hydrogen-bond acceptors (Lipinski definition) is 5. The standard InChI is InChI=1S/C15H21N5O3.2ClH/c1-8(2)5-11(16)13(21)18-9-6-10-12(17-7-9)19(3)15(23)20(4)14(10)22;;/h6-8,11H,5,16H2,1-4H3,(H,18,21);2*1H/t11-;;/m0../s1. The highest BCUT2D eigenvalue weighted by atomic mass is 35.5. The molecule has 10 heteroatoms. The van der Waals surface area contributed by atoms with Gasteiger partial charge in [0.1, 0.15) is 5.65 Å². The molecule has 0 aliphatic rings. The molecule has 2 aromatic heterocycles. The minimum Gasteiger partial charge on any atom is -0.323 e. The van der Waals surface area contributed by atoms with Crippen molar-refractivity contribution in [2.75, 3.05) is 5.32 Å². The maximum Gasteiger partial charge on any atom is 0.332 e. The highest BCUT2D eigenvalue weighted by molar-refractivity contribution is 5.95. The van der Waals surface area contributed by atoms with Gasteiger partial charge in [-0.3, -0.25) is 18.7 Å². The van der Waals surface area contributed by atoms with Crippen molar-refractivity contribution < 1.29 is 4.79 Å². The second-order valence-corrected chi connectivity index (χ2v) is 6.03. The van der Waals surface area contributed by atoms with E-state index in [4.69, 9.17) is 5.73 Å². The van der Waals surface area contributed by atoms with E-state index in [0.717, 1.165) is 4.57 Å². The van der Waals surface area contributed by atoms with E-state index < -0.39 is 17.3 Å². The molecule has 3 N–H and O–H groups in total. The van der Waals surface area contributed by atoms with Crippen LogP contribution in [0.15, 0.2) is 21.9 Å². The Morgan fingerprint density at radius 2 is 1.84 bits per heavy atom. The van der Waals surface area contributed by atoms with E-state index in [1.54, 1.807) is 0 Å². The zero-order valence-corrected chi connectivity index (χ0v) is 16.1.